The van der Waals surface area contributed by atoms with Gasteiger partial charge in [0.25, 0.3) is 0 Å². The number of aliphatic hydroxyl groups is 1. The van der Waals surface area contributed by atoms with Crippen LogP contribution < -0.4 is 9.47 Å². The Hall–Kier alpha value is -0.870. The molecule has 2 aliphatic rings. The van der Waals surface area contributed by atoms with Gasteiger partial charge in [0.1, 0.15) is 13.2 Å². The van der Waals surface area contributed by atoms with E-state index in [1.165, 1.54) is 6.42 Å². The second-order valence-electron chi connectivity index (χ2n) is 4.81. The van der Waals surface area contributed by atoms with Crippen molar-refractivity contribution < 1.29 is 14.6 Å². The largest absolute Gasteiger partial charge is 0.486 e. The van der Waals surface area contributed by atoms with Gasteiger partial charge in [-0.05, 0) is 31.0 Å². The Morgan fingerprint density at radius 1 is 1.06 bits per heavy atom. The number of fused-ring (bicyclic) bond motifs is 1. The minimum atomic E-state index is -0.169. The van der Waals surface area contributed by atoms with Crippen LogP contribution in [0.5, 0.6) is 11.5 Å². The van der Waals surface area contributed by atoms with Crippen molar-refractivity contribution in [2.75, 3.05) is 13.2 Å². The van der Waals surface area contributed by atoms with Crippen LogP contribution in [-0.2, 0) is 0 Å². The first-order valence-electron chi connectivity index (χ1n) is 6.57. The molecule has 1 aromatic carbocycles. The van der Waals surface area contributed by atoms with E-state index in [4.69, 9.17) is 9.47 Å². The lowest BCUT2D eigenvalue weighted by molar-refractivity contribution is 0.137. The van der Waals surface area contributed by atoms with Crippen molar-refractivity contribution in [3.8, 4) is 11.5 Å². The zero-order valence-corrected chi connectivity index (χ0v) is 11.1. The molecule has 98 valence electrons. The van der Waals surface area contributed by atoms with Crippen LogP contribution in [0.3, 0.4) is 0 Å². The van der Waals surface area contributed by atoms with Gasteiger partial charge < -0.3 is 14.6 Å². The minimum absolute atomic E-state index is 0.169. The van der Waals surface area contributed by atoms with Crippen molar-refractivity contribution in [3.63, 3.8) is 0 Å². The van der Waals surface area contributed by atoms with Crippen LogP contribution in [0.2, 0.25) is 0 Å². The number of ether oxygens (including phenoxy) is 2. The summed E-state index contributed by atoms with van der Waals surface area (Å²) in [5, 5.41) is 10.3. The Bertz CT molecular complexity index is 422. The summed E-state index contributed by atoms with van der Waals surface area (Å²) >= 11 is 1.76. The number of thioether (sulfide) groups is 1. The van der Waals surface area contributed by atoms with E-state index in [0.29, 0.717) is 18.5 Å². The second-order valence-corrected chi connectivity index (χ2v) is 6.13. The first kappa shape index (κ1) is 12.2. The van der Waals surface area contributed by atoms with Crippen molar-refractivity contribution >= 4 is 11.8 Å². The van der Waals surface area contributed by atoms with Crippen molar-refractivity contribution in [1.29, 1.82) is 0 Å². The van der Waals surface area contributed by atoms with Gasteiger partial charge in [-0.25, -0.2) is 0 Å². The first-order chi connectivity index (χ1) is 8.83. The number of hydrogen-bond donors (Lipinski definition) is 1. The topological polar surface area (TPSA) is 38.7 Å². The van der Waals surface area contributed by atoms with E-state index in [0.717, 1.165) is 35.7 Å². The molecule has 0 amide bonds. The van der Waals surface area contributed by atoms with Gasteiger partial charge in [-0.15, -0.1) is 11.8 Å². The predicted octanol–water partition coefficient (Wildman–Crippen LogP) is 2.85. The standard InChI is InChI=1S/C14H18O3S/c15-11-3-1-2-4-14(11)18-10-5-6-12-13(9-10)17-8-7-16-12/h5-6,9,11,14-15H,1-4,7-8H2. The highest BCUT2D eigenvalue weighted by Crippen LogP contribution is 2.38. The van der Waals surface area contributed by atoms with Crippen LogP contribution >= 0.6 is 11.8 Å². The highest BCUT2D eigenvalue weighted by molar-refractivity contribution is 8.00. The maximum atomic E-state index is 9.99. The highest BCUT2D eigenvalue weighted by atomic mass is 32.2. The summed E-state index contributed by atoms with van der Waals surface area (Å²) < 4.78 is 11.1. The summed E-state index contributed by atoms with van der Waals surface area (Å²) in [7, 11) is 0. The molecule has 1 aliphatic carbocycles. The molecule has 0 saturated heterocycles. The lowest BCUT2D eigenvalue weighted by Crippen LogP contribution is -2.26. The fourth-order valence-electron chi connectivity index (χ4n) is 2.49. The maximum absolute atomic E-state index is 9.99. The van der Waals surface area contributed by atoms with E-state index in [2.05, 4.69) is 6.07 Å². The molecule has 1 heterocycles. The molecule has 1 saturated carbocycles. The summed E-state index contributed by atoms with van der Waals surface area (Å²) in [6.07, 6.45) is 4.23. The summed E-state index contributed by atoms with van der Waals surface area (Å²) in [4.78, 5) is 1.16. The molecule has 1 fully saturated rings. The summed E-state index contributed by atoms with van der Waals surface area (Å²) in [6.45, 7) is 1.24. The highest BCUT2D eigenvalue weighted by Gasteiger charge is 2.24. The van der Waals surface area contributed by atoms with Crippen LogP contribution in [0.15, 0.2) is 23.1 Å². The molecule has 2 unspecified atom stereocenters. The van der Waals surface area contributed by atoms with Crippen LogP contribution in [0.25, 0.3) is 0 Å². The summed E-state index contributed by atoms with van der Waals surface area (Å²) in [6, 6.07) is 6.05. The molecule has 0 bridgehead atoms. The van der Waals surface area contributed by atoms with E-state index in [-0.39, 0.29) is 6.10 Å². The normalized spacial score (nSPS) is 26.9. The Morgan fingerprint density at radius 2 is 1.83 bits per heavy atom. The molecule has 3 nitrogen and oxygen atoms in total. The van der Waals surface area contributed by atoms with Crippen molar-refractivity contribution in [1.82, 2.24) is 0 Å². The molecule has 1 aliphatic heterocycles. The molecule has 0 aromatic heterocycles. The molecular formula is C14H18O3S. The van der Waals surface area contributed by atoms with E-state index < -0.39 is 0 Å². The van der Waals surface area contributed by atoms with E-state index in [1.54, 1.807) is 11.8 Å². The predicted molar refractivity (Wildman–Crippen MR) is 71.6 cm³/mol. The molecule has 0 radical (unpaired) electrons. The molecule has 4 heteroatoms. The van der Waals surface area contributed by atoms with Gasteiger partial charge >= 0.3 is 0 Å². The third kappa shape index (κ3) is 2.59. The van der Waals surface area contributed by atoms with Gasteiger partial charge in [-0.2, -0.15) is 0 Å². The average molecular weight is 266 g/mol. The van der Waals surface area contributed by atoms with Gasteiger partial charge in [-0.1, -0.05) is 12.8 Å². The number of aliphatic hydroxyl groups excluding tert-OH is 1. The quantitative estimate of drug-likeness (QED) is 0.893. The molecule has 3 rings (SSSR count). The van der Waals surface area contributed by atoms with Crippen molar-refractivity contribution in [2.24, 2.45) is 0 Å². The first-order valence-corrected chi connectivity index (χ1v) is 7.45. The van der Waals surface area contributed by atoms with Gasteiger partial charge in [0.2, 0.25) is 0 Å². The summed E-state index contributed by atoms with van der Waals surface area (Å²) in [5.74, 6) is 1.66. The van der Waals surface area contributed by atoms with Crippen LogP contribution in [0.4, 0.5) is 0 Å². The van der Waals surface area contributed by atoms with Gasteiger partial charge in [0.15, 0.2) is 11.5 Å². The zero-order chi connectivity index (χ0) is 12.4. The minimum Gasteiger partial charge on any atom is -0.486 e. The Morgan fingerprint density at radius 3 is 2.67 bits per heavy atom. The molecular weight excluding hydrogens is 248 g/mol. The smallest absolute Gasteiger partial charge is 0.162 e. The monoisotopic (exact) mass is 266 g/mol. The van der Waals surface area contributed by atoms with Crippen LogP contribution in [0, 0.1) is 0 Å². The van der Waals surface area contributed by atoms with Crippen LogP contribution in [-0.4, -0.2) is 29.7 Å². The number of rotatable bonds is 2. The molecule has 1 aromatic rings. The van der Waals surface area contributed by atoms with E-state index in [9.17, 15) is 5.11 Å². The number of hydrogen-bond acceptors (Lipinski definition) is 4. The Kier molecular flexibility index (Phi) is 3.66. The SMILES string of the molecule is OC1CCCCC1Sc1ccc2c(c1)OCCO2. The summed E-state index contributed by atoms with van der Waals surface area (Å²) in [5.41, 5.74) is 0. The second kappa shape index (κ2) is 5.41. The molecule has 2 atom stereocenters. The molecule has 18 heavy (non-hydrogen) atoms. The average Bonchev–Trinajstić information content (AvgIpc) is 2.41. The van der Waals surface area contributed by atoms with Gasteiger partial charge in [-0.3, -0.25) is 0 Å². The Labute approximate surface area is 111 Å². The van der Waals surface area contributed by atoms with Gasteiger partial charge in [0.05, 0.1) is 6.10 Å². The van der Waals surface area contributed by atoms with Crippen molar-refractivity contribution in [3.05, 3.63) is 18.2 Å². The lowest BCUT2D eigenvalue weighted by Gasteiger charge is -2.27. The lowest BCUT2D eigenvalue weighted by atomic mass is 9.97. The zero-order valence-electron chi connectivity index (χ0n) is 10.3. The number of benzene rings is 1. The van der Waals surface area contributed by atoms with Crippen LogP contribution in [0.1, 0.15) is 25.7 Å². The fourth-order valence-corrected chi connectivity index (χ4v) is 3.74. The third-order valence-electron chi connectivity index (χ3n) is 3.47. The van der Waals surface area contributed by atoms with Gasteiger partial charge in [0, 0.05) is 10.1 Å². The molecule has 1 N–H and O–H groups in total. The molecule has 0 spiro atoms. The third-order valence-corrected chi connectivity index (χ3v) is 4.85. The fraction of sp³-hybridized carbons (Fsp3) is 0.571. The van der Waals surface area contributed by atoms with Crippen molar-refractivity contribution in [2.45, 2.75) is 41.9 Å². The van der Waals surface area contributed by atoms with E-state index in [1.807, 2.05) is 12.1 Å². The Balaban J connectivity index is 1.72. The van der Waals surface area contributed by atoms with E-state index >= 15 is 0 Å². The maximum Gasteiger partial charge on any atom is 0.162 e.